The van der Waals surface area contributed by atoms with E-state index in [1.807, 2.05) is 97.1 Å². The van der Waals surface area contributed by atoms with Crippen molar-refractivity contribution in [2.75, 3.05) is 7.11 Å². The Morgan fingerprint density at radius 2 is 1.02 bits per heavy atom. The van der Waals surface area contributed by atoms with Crippen LogP contribution in [0.15, 0.2) is 121 Å². The van der Waals surface area contributed by atoms with Crippen molar-refractivity contribution in [3.63, 3.8) is 0 Å². The first-order valence-electron chi connectivity index (χ1n) is 15.3. The van der Waals surface area contributed by atoms with Gasteiger partial charge in [-0.05, 0) is 22.7 Å². The van der Waals surface area contributed by atoms with Crippen LogP contribution in [-0.2, 0) is 43.5 Å². The van der Waals surface area contributed by atoms with E-state index < -0.39 is 44.9 Å². The van der Waals surface area contributed by atoms with Gasteiger partial charge in [-0.2, -0.15) is 0 Å². The molecular formula is C37H44O6Si. The number of benzene rings is 4. The fourth-order valence-corrected chi connectivity index (χ4v) is 8.45. The number of hydrogen-bond donors (Lipinski definition) is 1. The third kappa shape index (κ3) is 8.52. The van der Waals surface area contributed by atoms with E-state index in [4.69, 9.17) is 23.7 Å². The molecule has 0 bridgehead atoms. The summed E-state index contributed by atoms with van der Waals surface area (Å²) in [4.78, 5) is 0. The first-order chi connectivity index (χ1) is 21.4. The van der Waals surface area contributed by atoms with Gasteiger partial charge in [0, 0.05) is 7.11 Å². The highest BCUT2D eigenvalue weighted by molar-refractivity contribution is 6.89. The maximum absolute atomic E-state index is 11.9. The summed E-state index contributed by atoms with van der Waals surface area (Å²) in [6, 6.07) is 41.1. The average Bonchev–Trinajstić information content (AvgIpc) is 3.07. The highest BCUT2D eigenvalue weighted by atomic mass is 28.3. The average molecular weight is 613 g/mol. The summed E-state index contributed by atoms with van der Waals surface area (Å²) in [5, 5.41) is 13.2. The van der Waals surface area contributed by atoms with Gasteiger partial charge < -0.3 is 28.8 Å². The highest BCUT2D eigenvalue weighted by Crippen LogP contribution is 2.34. The molecule has 6 atom stereocenters. The summed E-state index contributed by atoms with van der Waals surface area (Å²) in [5.41, 5.74) is 3.09. The fourth-order valence-electron chi connectivity index (χ4n) is 5.84. The van der Waals surface area contributed by atoms with Crippen LogP contribution >= 0.6 is 0 Å². The molecule has 7 heteroatoms. The zero-order valence-corrected chi connectivity index (χ0v) is 26.8. The van der Waals surface area contributed by atoms with Crippen molar-refractivity contribution in [2.45, 2.75) is 75.8 Å². The summed E-state index contributed by atoms with van der Waals surface area (Å²) in [7, 11) is -0.437. The monoisotopic (exact) mass is 612 g/mol. The molecule has 0 radical (unpaired) electrons. The smallest absolute Gasteiger partial charge is 0.186 e. The zero-order chi connectivity index (χ0) is 30.8. The number of rotatable bonds is 14. The lowest BCUT2D eigenvalue weighted by Gasteiger charge is -2.47. The van der Waals surface area contributed by atoms with Crippen LogP contribution in [-0.4, -0.2) is 57.1 Å². The van der Waals surface area contributed by atoms with E-state index in [2.05, 4.69) is 37.4 Å². The summed E-state index contributed by atoms with van der Waals surface area (Å²) in [6.07, 6.45) is -4.08. The second-order valence-corrected chi connectivity index (χ2v) is 16.8. The second kappa shape index (κ2) is 15.7. The molecule has 1 fully saturated rings. The van der Waals surface area contributed by atoms with Crippen molar-refractivity contribution in [1.29, 1.82) is 0 Å². The molecular weight excluding hydrogens is 568 g/mol. The zero-order valence-electron chi connectivity index (χ0n) is 25.8. The van der Waals surface area contributed by atoms with E-state index in [0.29, 0.717) is 25.9 Å². The first-order valence-corrected chi connectivity index (χ1v) is 18.5. The van der Waals surface area contributed by atoms with Crippen molar-refractivity contribution in [3.8, 4) is 0 Å². The molecule has 0 amide bonds. The van der Waals surface area contributed by atoms with Crippen molar-refractivity contribution >= 4 is 13.3 Å². The number of ether oxygens (including phenoxy) is 5. The van der Waals surface area contributed by atoms with Crippen molar-refractivity contribution in [3.05, 3.63) is 138 Å². The molecule has 4 aromatic carbocycles. The van der Waals surface area contributed by atoms with E-state index in [9.17, 15) is 5.11 Å². The standard InChI is InChI=1S/C37H44O6Si/c1-39-37-36(42-26-30-20-12-6-13-21-30)35(41-25-29-18-10-5-11-19-29)34(40-24-28-16-8-4-9-17-28)33(43-37)32(38)27-44(2,3)31-22-14-7-15-23-31/h4-23,32-38H,24-27H2,1-3H3/t32-,33+,34+,35-,36+,37-/m0/s1. The van der Waals surface area contributed by atoms with Crippen LogP contribution in [0.5, 0.6) is 0 Å². The van der Waals surface area contributed by atoms with Crippen LogP contribution in [0.3, 0.4) is 0 Å². The van der Waals surface area contributed by atoms with Gasteiger partial charge in [-0.25, -0.2) is 0 Å². The van der Waals surface area contributed by atoms with Crippen molar-refractivity contribution in [2.24, 2.45) is 0 Å². The maximum Gasteiger partial charge on any atom is 0.186 e. The third-order valence-corrected chi connectivity index (χ3v) is 11.6. The summed E-state index contributed by atoms with van der Waals surface area (Å²) < 4.78 is 32.4. The third-order valence-electron chi connectivity index (χ3n) is 8.27. The van der Waals surface area contributed by atoms with Gasteiger partial charge in [-0.3, -0.25) is 0 Å². The molecule has 232 valence electrons. The summed E-state index contributed by atoms with van der Waals surface area (Å²) >= 11 is 0. The maximum atomic E-state index is 11.9. The van der Waals surface area contributed by atoms with E-state index in [0.717, 1.165) is 16.7 Å². The van der Waals surface area contributed by atoms with Gasteiger partial charge in [-0.1, -0.05) is 140 Å². The normalized spacial score (nSPS) is 22.9. The Labute approximate surface area is 262 Å². The SMILES string of the molecule is CO[C@H]1O[C@H]([C@@H](O)C[Si](C)(C)c2ccccc2)[C@@H](OCc2ccccc2)[C@H](OCc2ccccc2)[C@H]1OCc1ccccc1. The molecule has 6 nitrogen and oxygen atoms in total. The van der Waals surface area contributed by atoms with Gasteiger partial charge in [0.15, 0.2) is 6.29 Å². The number of aliphatic hydroxyl groups excluding tert-OH is 1. The molecule has 0 aromatic heterocycles. The first kappa shape index (κ1) is 32.3. The lowest BCUT2D eigenvalue weighted by Crippen LogP contribution is -2.64. The Bertz CT molecular complexity index is 1370. The molecule has 1 aliphatic rings. The number of aliphatic hydroxyl groups is 1. The van der Waals surface area contributed by atoms with Crippen LogP contribution in [0, 0.1) is 0 Å². The second-order valence-electron chi connectivity index (χ2n) is 12.0. The minimum Gasteiger partial charge on any atom is -0.391 e. The Morgan fingerprint density at radius 3 is 1.48 bits per heavy atom. The molecule has 44 heavy (non-hydrogen) atoms. The van der Waals surface area contributed by atoms with Gasteiger partial charge in [0.25, 0.3) is 0 Å². The van der Waals surface area contributed by atoms with Gasteiger partial charge >= 0.3 is 0 Å². The molecule has 1 aliphatic heterocycles. The van der Waals surface area contributed by atoms with Crippen molar-refractivity contribution in [1.82, 2.24) is 0 Å². The molecule has 4 aromatic rings. The minimum absolute atomic E-state index is 0.339. The van der Waals surface area contributed by atoms with Gasteiger partial charge in [0.2, 0.25) is 0 Å². The van der Waals surface area contributed by atoms with Gasteiger partial charge in [0.1, 0.15) is 24.4 Å². The predicted octanol–water partition coefficient (Wildman–Crippen LogP) is 6.09. The molecule has 0 saturated carbocycles. The van der Waals surface area contributed by atoms with Crippen LogP contribution in [0.1, 0.15) is 16.7 Å². The molecule has 0 unspecified atom stereocenters. The largest absolute Gasteiger partial charge is 0.391 e. The summed E-state index contributed by atoms with van der Waals surface area (Å²) in [5.74, 6) is 0. The predicted molar refractivity (Wildman–Crippen MR) is 175 cm³/mol. The molecule has 1 saturated heterocycles. The van der Waals surface area contributed by atoms with E-state index in [1.54, 1.807) is 7.11 Å². The molecule has 5 rings (SSSR count). The Balaban J connectivity index is 1.46. The number of hydrogen-bond acceptors (Lipinski definition) is 6. The fraction of sp³-hybridized carbons (Fsp3) is 0.351. The molecule has 1 N–H and O–H groups in total. The Hall–Kier alpha value is -3.14. The van der Waals surface area contributed by atoms with Crippen LogP contribution in [0.2, 0.25) is 19.1 Å². The minimum atomic E-state index is -2.04. The molecule has 1 heterocycles. The van der Waals surface area contributed by atoms with E-state index in [1.165, 1.54) is 5.19 Å². The number of methoxy groups -OCH3 is 1. The summed E-state index contributed by atoms with van der Waals surface area (Å²) in [6.45, 7) is 5.60. The van der Waals surface area contributed by atoms with Crippen molar-refractivity contribution < 1.29 is 28.8 Å². The lowest BCUT2D eigenvalue weighted by atomic mass is 9.94. The van der Waals surface area contributed by atoms with Crippen LogP contribution in [0.25, 0.3) is 0 Å². The van der Waals surface area contributed by atoms with E-state index >= 15 is 0 Å². The van der Waals surface area contributed by atoms with Gasteiger partial charge in [0.05, 0.1) is 34.0 Å². The van der Waals surface area contributed by atoms with Crippen LogP contribution in [0.4, 0.5) is 0 Å². The quantitative estimate of drug-likeness (QED) is 0.174. The highest BCUT2D eigenvalue weighted by Gasteiger charge is 2.51. The van der Waals surface area contributed by atoms with Crippen LogP contribution < -0.4 is 5.19 Å². The Morgan fingerprint density at radius 1 is 0.614 bits per heavy atom. The van der Waals surface area contributed by atoms with E-state index in [-0.39, 0.29) is 0 Å². The topological polar surface area (TPSA) is 66.4 Å². The Kier molecular flexibility index (Phi) is 11.5. The molecule has 0 aliphatic carbocycles. The molecule has 0 spiro atoms. The van der Waals surface area contributed by atoms with Gasteiger partial charge in [-0.15, -0.1) is 0 Å². The lowest BCUT2D eigenvalue weighted by molar-refractivity contribution is -0.328.